The molecule has 1 unspecified atom stereocenters. The molecule has 2 aromatic heterocycles. The number of alkyl halides is 3. The van der Waals surface area contributed by atoms with Gasteiger partial charge in [-0.3, -0.25) is 4.98 Å². The molecule has 5 nitrogen and oxygen atoms in total. The predicted molar refractivity (Wildman–Crippen MR) is 67.1 cm³/mol. The number of aromatic nitrogens is 4. The Bertz CT molecular complexity index is 647. The highest BCUT2D eigenvalue weighted by molar-refractivity contribution is 5.52. The molecular weight excluding hydrogens is 285 g/mol. The first-order valence-corrected chi connectivity index (χ1v) is 6.47. The Morgan fingerprint density at radius 1 is 1.33 bits per heavy atom. The Labute approximate surface area is 118 Å². The molecule has 0 radical (unpaired) electrons. The van der Waals surface area contributed by atoms with Gasteiger partial charge >= 0.3 is 6.18 Å². The van der Waals surface area contributed by atoms with Crippen LogP contribution in [0.3, 0.4) is 0 Å². The Morgan fingerprint density at radius 3 is 2.57 bits per heavy atom. The van der Waals surface area contributed by atoms with Crippen LogP contribution in [-0.2, 0) is 5.60 Å². The molecule has 8 heteroatoms. The maximum atomic E-state index is 13.1. The summed E-state index contributed by atoms with van der Waals surface area (Å²) in [6.07, 6.45) is -0.334. The van der Waals surface area contributed by atoms with Gasteiger partial charge in [-0.15, -0.1) is 0 Å². The van der Waals surface area contributed by atoms with Crippen LogP contribution in [0, 0.1) is 0 Å². The molecule has 0 aromatic carbocycles. The van der Waals surface area contributed by atoms with Crippen molar-refractivity contribution in [3.63, 3.8) is 0 Å². The molecule has 0 aliphatic heterocycles. The molecule has 0 amide bonds. The predicted octanol–water partition coefficient (Wildman–Crippen LogP) is 2.44. The zero-order valence-corrected chi connectivity index (χ0v) is 11.2. The van der Waals surface area contributed by atoms with Crippen LogP contribution < -0.4 is 0 Å². The number of aliphatic hydroxyl groups is 1. The van der Waals surface area contributed by atoms with Crippen LogP contribution in [-0.4, -0.2) is 31.0 Å². The molecular formula is C13H13F3N4O. The summed E-state index contributed by atoms with van der Waals surface area (Å²) in [5.74, 6) is -0.342. The summed E-state index contributed by atoms with van der Waals surface area (Å²) in [6.45, 7) is 0.697. The summed E-state index contributed by atoms with van der Waals surface area (Å²) in [5, 5.41) is 14.0. The van der Waals surface area contributed by atoms with Crippen LogP contribution in [0.5, 0.6) is 0 Å². The van der Waals surface area contributed by atoms with E-state index in [1.54, 1.807) is 18.3 Å². The first-order valence-electron chi connectivity index (χ1n) is 6.47. The van der Waals surface area contributed by atoms with Crippen LogP contribution in [0.4, 0.5) is 13.2 Å². The minimum atomic E-state index is -4.82. The van der Waals surface area contributed by atoms with Gasteiger partial charge in [0.1, 0.15) is 0 Å². The molecule has 1 aliphatic carbocycles. The molecule has 21 heavy (non-hydrogen) atoms. The summed E-state index contributed by atoms with van der Waals surface area (Å²) in [7, 11) is 0. The second-order valence-electron chi connectivity index (χ2n) is 5.25. The lowest BCUT2D eigenvalue weighted by Gasteiger charge is -2.25. The van der Waals surface area contributed by atoms with E-state index >= 15 is 0 Å². The van der Waals surface area contributed by atoms with E-state index in [-0.39, 0.29) is 11.9 Å². The third-order valence-corrected chi connectivity index (χ3v) is 3.43. The number of halogens is 3. The highest BCUT2D eigenvalue weighted by atomic mass is 19.4. The maximum absolute atomic E-state index is 13.1. The van der Waals surface area contributed by atoms with Gasteiger partial charge in [-0.05, 0) is 31.9 Å². The smallest absolute Gasteiger partial charge is 0.374 e. The van der Waals surface area contributed by atoms with Crippen molar-refractivity contribution < 1.29 is 18.3 Å². The molecule has 1 N–H and O–H groups in total. The van der Waals surface area contributed by atoms with Crippen molar-refractivity contribution in [2.75, 3.05) is 0 Å². The summed E-state index contributed by atoms with van der Waals surface area (Å²) in [5.41, 5.74) is -2.53. The van der Waals surface area contributed by atoms with Gasteiger partial charge in [0.05, 0.1) is 6.04 Å². The van der Waals surface area contributed by atoms with Crippen molar-refractivity contribution in [1.29, 1.82) is 0 Å². The molecule has 2 heterocycles. The normalized spacial score (nSPS) is 18.5. The highest BCUT2D eigenvalue weighted by Crippen LogP contribution is 2.43. The van der Waals surface area contributed by atoms with E-state index in [1.807, 2.05) is 0 Å². The fraction of sp³-hybridized carbons (Fsp3) is 0.462. The Kier molecular flexibility index (Phi) is 3.01. The summed E-state index contributed by atoms with van der Waals surface area (Å²) in [6, 6.07) is 3.17. The lowest BCUT2D eigenvalue weighted by Crippen LogP contribution is -2.41. The maximum Gasteiger partial charge on any atom is 0.424 e. The zero-order valence-electron chi connectivity index (χ0n) is 11.2. The molecule has 0 bridgehead atoms. The molecule has 1 fully saturated rings. The molecule has 1 saturated carbocycles. The molecule has 0 spiro atoms. The Balaban J connectivity index is 2.10. The monoisotopic (exact) mass is 298 g/mol. The number of pyridine rings is 1. The second-order valence-corrected chi connectivity index (χ2v) is 5.25. The molecule has 1 atom stereocenters. The molecule has 2 aromatic rings. The third-order valence-electron chi connectivity index (χ3n) is 3.43. The van der Waals surface area contributed by atoms with E-state index in [2.05, 4.69) is 15.1 Å². The topological polar surface area (TPSA) is 63.8 Å². The van der Waals surface area contributed by atoms with Crippen molar-refractivity contribution in [2.24, 2.45) is 0 Å². The van der Waals surface area contributed by atoms with Gasteiger partial charge in [-0.1, -0.05) is 0 Å². The lowest BCUT2D eigenvalue weighted by atomic mass is 10.1. The average Bonchev–Trinajstić information content (AvgIpc) is 3.17. The average molecular weight is 298 g/mol. The summed E-state index contributed by atoms with van der Waals surface area (Å²) < 4.78 is 40.3. The first kappa shape index (κ1) is 14.0. The minimum absolute atomic E-state index is 0.133. The van der Waals surface area contributed by atoms with E-state index in [4.69, 9.17) is 0 Å². The van der Waals surface area contributed by atoms with Gasteiger partial charge in [0, 0.05) is 18.0 Å². The van der Waals surface area contributed by atoms with Gasteiger partial charge in [0.2, 0.25) is 5.60 Å². The fourth-order valence-electron chi connectivity index (χ4n) is 1.97. The van der Waals surface area contributed by atoms with Gasteiger partial charge in [-0.25, -0.2) is 9.67 Å². The van der Waals surface area contributed by atoms with Gasteiger partial charge in [0.15, 0.2) is 11.6 Å². The molecule has 1 aliphatic rings. The minimum Gasteiger partial charge on any atom is -0.374 e. The summed E-state index contributed by atoms with van der Waals surface area (Å²) >= 11 is 0. The van der Waals surface area contributed by atoms with Crippen LogP contribution in [0.15, 0.2) is 24.5 Å². The van der Waals surface area contributed by atoms with Crippen LogP contribution in [0.1, 0.15) is 31.6 Å². The number of hydrogen-bond acceptors (Lipinski definition) is 4. The van der Waals surface area contributed by atoms with Crippen LogP contribution in [0.2, 0.25) is 0 Å². The lowest BCUT2D eigenvalue weighted by molar-refractivity contribution is -0.262. The van der Waals surface area contributed by atoms with Crippen molar-refractivity contribution in [1.82, 2.24) is 19.7 Å². The third kappa shape index (κ3) is 2.39. The van der Waals surface area contributed by atoms with Crippen molar-refractivity contribution >= 4 is 0 Å². The van der Waals surface area contributed by atoms with Crippen LogP contribution >= 0.6 is 0 Å². The number of rotatable bonds is 3. The quantitative estimate of drug-likeness (QED) is 0.945. The standard InChI is InChI=1S/C13H13F3N4O/c1-12(21,13(14,15)16)11-18-10(8-3-2-6-17-7-8)19-20(11)9-4-5-9/h2-3,6-7,9,21H,4-5H2,1H3. The van der Waals surface area contributed by atoms with Crippen molar-refractivity contribution in [2.45, 2.75) is 37.6 Å². The van der Waals surface area contributed by atoms with Crippen molar-refractivity contribution in [3.05, 3.63) is 30.4 Å². The van der Waals surface area contributed by atoms with E-state index in [0.29, 0.717) is 12.5 Å². The Morgan fingerprint density at radius 2 is 2.05 bits per heavy atom. The van der Waals surface area contributed by atoms with E-state index in [0.717, 1.165) is 12.8 Å². The second kappa shape index (κ2) is 4.52. The summed E-state index contributed by atoms with van der Waals surface area (Å²) in [4.78, 5) is 7.82. The van der Waals surface area contributed by atoms with E-state index in [1.165, 1.54) is 10.9 Å². The van der Waals surface area contributed by atoms with Gasteiger partial charge in [0.25, 0.3) is 0 Å². The molecule has 3 rings (SSSR count). The molecule has 112 valence electrons. The largest absolute Gasteiger partial charge is 0.424 e. The number of hydrogen-bond donors (Lipinski definition) is 1. The van der Waals surface area contributed by atoms with Crippen LogP contribution in [0.25, 0.3) is 11.4 Å². The van der Waals surface area contributed by atoms with E-state index in [9.17, 15) is 18.3 Å². The zero-order chi connectivity index (χ0) is 15.3. The van der Waals surface area contributed by atoms with E-state index < -0.39 is 17.6 Å². The highest BCUT2D eigenvalue weighted by Gasteiger charge is 2.55. The SMILES string of the molecule is CC(O)(c1nc(-c2cccnc2)nn1C1CC1)C(F)(F)F. The first-order chi connectivity index (χ1) is 9.80. The van der Waals surface area contributed by atoms with Gasteiger partial charge in [-0.2, -0.15) is 18.3 Å². The van der Waals surface area contributed by atoms with Gasteiger partial charge < -0.3 is 5.11 Å². The Hall–Kier alpha value is -1.96. The fourth-order valence-corrected chi connectivity index (χ4v) is 1.97. The van der Waals surface area contributed by atoms with Crippen molar-refractivity contribution in [3.8, 4) is 11.4 Å². The molecule has 0 saturated heterocycles. The number of nitrogens with zero attached hydrogens (tertiary/aromatic N) is 4.